The van der Waals surface area contributed by atoms with E-state index in [-0.39, 0.29) is 0 Å². The van der Waals surface area contributed by atoms with Gasteiger partial charge in [-0.15, -0.1) is 0 Å². The molecule has 0 saturated carbocycles. The van der Waals surface area contributed by atoms with Crippen molar-refractivity contribution in [2.24, 2.45) is 0 Å². The van der Waals surface area contributed by atoms with E-state index in [1.807, 2.05) is 0 Å². The lowest BCUT2D eigenvalue weighted by molar-refractivity contribution is -0.150. The van der Waals surface area contributed by atoms with Crippen LogP contribution in [0.3, 0.4) is 0 Å². The zero-order chi connectivity index (χ0) is 7.02. The van der Waals surface area contributed by atoms with Gasteiger partial charge in [0.05, 0.1) is 5.31 Å². The predicted molar refractivity (Wildman–Crippen MR) is 33.5 cm³/mol. The molecular formula is C5H5O3P. The number of esters is 2. The van der Waals surface area contributed by atoms with Crippen LogP contribution >= 0.6 is 9.24 Å². The van der Waals surface area contributed by atoms with Gasteiger partial charge >= 0.3 is 11.9 Å². The van der Waals surface area contributed by atoms with Crippen molar-refractivity contribution in [2.75, 3.05) is 0 Å². The second-order valence-electron chi connectivity index (χ2n) is 1.72. The summed E-state index contributed by atoms with van der Waals surface area (Å²) in [5, 5.41) is 0.333. The van der Waals surface area contributed by atoms with Crippen LogP contribution in [0.2, 0.25) is 0 Å². The number of carbonyl (C=O) groups is 2. The summed E-state index contributed by atoms with van der Waals surface area (Å²) in [7, 11) is 2.16. The number of carbonyl (C=O) groups excluding carboxylic acids is 2. The summed E-state index contributed by atoms with van der Waals surface area (Å²) < 4.78 is 4.21. The maximum atomic E-state index is 10.5. The van der Waals surface area contributed by atoms with Crippen LogP contribution in [0.5, 0.6) is 0 Å². The molecule has 0 saturated heterocycles. The highest BCUT2D eigenvalue weighted by Gasteiger charge is 2.26. The second kappa shape index (κ2) is 1.92. The Hall–Kier alpha value is -0.690. The van der Waals surface area contributed by atoms with E-state index in [2.05, 4.69) is 14.0 Å². The fourth-order valence-corrected chi connectivity index (χ4v) is 0.656. The van der Waals surface area contributed by atoms with Gasteiger partial charge in [-0.05, 0) is 6.92 Å². The fourth-order valence-electron chi connectivity index (χ4n) is 0.479. The second-order valence-corrected chi connectivity index (χ2v) is 2.29. The van der Waals surface area contributed by atoms with Crippen molar-refractivity contribution in [3.05, 3.63) is 10.9 Å². The van der Waals surface area contributed by atoms with Crippen molar-refractivity contribution >= 4 is 21.2 Å². The molecule has 0 radical (unpaired) electrons. The standard InChI is InChI=1S/C5H5O3P/c1-2-3(9)5(7)8-4(2)6/h9H2,1H3. The molecule has 1 atom stereocenters. The molecule has 0 spiro atoms. The maximum Gasteiger partial charge on any atom is 0.346 e. The first-order valence-corrected chi connectivity index (χ1v) is 2.93. The summed E-state index contributed by atoms with van der Waals surface area (Å²) in [6.07, 6.45) is 0. The summed E-state index contributed by atoms with van der Waals surface area (Å²) in [6, 6.07) is 0. The third-order valence-electron chi connectivity index (χ3n) is 1.12. The van der Waals surface area contributed by atoms with E-state index in [0.29, 0.717) is 10.9 Å². The molecule has 0 fully saturated rings. The molecule has 1 aliphatic heterocycles. The smallest absolute Gasteiger partial charge is 0.346 e. The highest BCUT2D eigenvalue weighted by Crippen LogP contribution is 2.21. The number of rotatable bonds is 0. The zero-order valence-corrected chi connectivity index (χ0v) is 5.96. The summed E-state index contributed by atoms with van der Waals surface area (Å²) in [5.41, 5.74) is 0.380. The van der Waals surface area contributed by atoms with E-state index in [9.17, 15) is 9.59 Å². The van der Waals surface area contributed by atoms with Crippen LogP contribution in [0, 0.1) is 0 Å². The van der Waals surface area contributed by atoms with Gasteiger partial charge in [-0.3, -0.25) is 0 Å². The van der Waals surface area contributed by atoms with Crippen molar-refractivity contribution in [3.63, 3.8) is 0 Å². The Balaban J connectivity index is 3.06. The lowest BCUT2D eigenvalue weighted by Crippen LogP contribution is -2.00. The van der Waals surface area contributed by atoms with E-state index in [1.54, 1.807) is 6.92 Å². The highest BCUT2D eigenvalue weighted by atomic mass is 31.0. The van der Waals surface area contributed by atoms with E-state index in [0.717, 1.165) is 0 Å². The predicted octanol–water partition coefficient (Wildman–Crippen LogP) is 0.219. The molecule has 1 heterocycles. The Morgan fingerprint density at radius 1 is 1.33 bits per heavy atom. The van der Waals surface area contributed by atoms with Crippen molar-refractivity contribution in [3.8, 4) is 0 Å². The zero-order valence-electron chi connectivity index (χ0n) is 4.80. The van der Waals surface area contributed by atoms with Crippen molar-refractivity contribution < 1.29 is 14.3 Å². The molecule has 0 aromatic heterocycles. The average Bonchev–Trinajstić information content (AvgIpc) is 1.98. The lowest BCUT2D eigenvalue weighted by atomic mass is 10.3. The number of ether oxygens (including phenoxy) is 1. The Bertz CT molecular complexity index is 194. The van der Waals surface area contributed by atoms with Crippen LogP contribution in [-0.2, 0) is 14.3 Å². The van der Waals surface area contributed by atoms with Crippen LogP contribution in [0.1, 0.15) is 6.92 Å². The summed E-state index contributed by atoms with van der Waals surface area (Å²) >= 11 is 0. The van der Waals surface area contributed by atoms with Gasteiger partial charge in [0.2, 0.25) is 0 Å². The first-order chi connectivity index (χ1) is 4.13. The van der Waals surface area contributed by atoms with Crippen LogP contribution in [0.15, 0.2) is 10.9 Å². The molecule has 48 valence electrons. The minimum atomic E-state index is -0.553. The highest BCUT2D eigenvalue weighted by molar-refractivity contribution is 7.25. The third-order valence-corrected chi connectivity index (χ3v) is 1.78. The number of cyclic esters (lactones) is 2. The van der Waals surface area contributed by atoms with Gasteiger partial charge in [0, 0.05) is 5.57 Å². The molecule has 9 heavy (non-hydrogen) atoms. The Morgan fingerprint density at radius 3 is 2.00 bits per heavy atom. The minimum absolute atomic E-state index is 0.333. The normalized spacial score (nSPS) is 18.9. The van der Waals surface area contributed by atoms with E-state index < -0.39 is 11.9 Å². The van der Waals surface area contributed by atoms with Crippen LogP contribution in [-0.4, -0.2) is 11.9 Å². The molecule has 0 aliphatic carbocycles. The van der Waals surface area contributed by atoms with Gasteiger partial charge in [-0.25, -0.2) is 9.59 Å². The maximum absolute atomic E-state index is 10.5. The molecule has 1 aliphatic rings. The summed E-state index contributed by atoms with van der Waals surface area (Å²) in [4.78, 5) is 21.0. The Kier molecular flexibility index (Phi) is 1.37. The van der Waals surface area contributed by atoms with Gasteiger partial charge in [0.1, 0.15) is 0 Å². The van der Waals surface area contributed by atoms with Gasteiger partial charge in [-0.2, -0.15) is 0 Å². The molecule has 0 bridgehead atoms. The molecule has 1 rings (SSSR count). The summed E-state index contributed by atoms with van der Waals surface area (Å²) in [6.45, 7) is 1.55. The van der Waals surface area contributed by atoms with Crippen LogP contribution in [0.25, 0.3) is 0 Å². The van der Waals surface area contributed by atoms with Gasteiger partial charge in [-0.1, -0.05) is 9.24 Å². The molecule has 1 unspecified atom stereocenters. The Labute approximate surface area is 54.3 Å². The lowest BCUT2D eigenvalue weighted by Gasteiger charge is -1.84. The Morgan fingerprint density at radius 2 is 1.89 bits per heavy atom. The van der Waals surface area contributed by atoms with E-state index in [1.165, 1.54) is 0 Å². The minimum Gasteiger partial charge on any atom is -0.386 e. The van der Waals surface area contributed by atoms with Crippen molar-refractivity contribution in [1.29, 1.82) is 0 Å². The van der Waals surface area contributed by atoms with Crippen molar-refractivity contribution in [2.45, 2.75) is 6.92 Å². The molecule has 3 nitrogen and oxygen atoms in total. The number of hydrogen-bond acceptors (Lipinski definition) is 3. The van der Waals surface area contributed by atoms with Crippen molar-refractivity contribution in [1.82, 2.24) is 0 Å². The average molecular weight is 144 g/mol. The van der Waals surface area contributed by atoms with Gasteiger partial charge in [0.15, 0.2) is 0 Å². The van der Waals surface area contributed by atoms with Crippen LogP contribution in [0.4, 0.5) is 0 Å². The fraction of sp³-hybridized carbons (Fsp3) is 0.200. The largest absolute Gasteiger partial charge is 0.386 e. The molecule has 0 aromatic carbocycles. The topological polar surface area (TPSA) is 43.4 Å². The SMILES string of the molecule is CC1=C(P)C(=O)OC1=O. The monoisotopic (exact) mass is 144 g/mol. The summed E-state index contributed by atoms with van der Waals surface area (Å²) in [5.74, 6) is -1.09. The molecular weight excluding hydrogens is 139 g/mol. The van der Waals surface area contributed by atoms with Crippen LogP contribution < -0.4 is 0 Å². The van der Waals surface area contributed by atoms with Gasteiger partial charge < -0.3 is 4.74 Å². The number of hydrogen-bond donors (Lipinski definition) is 0. The quantitative estimate of drug-likeness (QED) is 0.277. The van der Waals surface area contributed by atoms with E-state index in [4.69, 9.17) is 0 Å². The molecule has 4 heteroatoms. The van der Waals surface area contributed by atoms with Gasteiger partial charge in [0.25, 0.3) is 0 Å². The molecule has 0 aromatic rings. The molecule has 0 N–H and O–H groups in total. The first kappa shape index (κ1) is 6.43. The molecule has 0 amide bonds. The first-order valence-electron chi connectivity index (χ1n) is 2.36. The third kappa shape index (κ3) is 0.879. The van der Waals surface area contributed by atoms with E-state index >= 15 is 0 Å².